The third kappa shape index (κ3) is 4.27. The average molecular weight is 395 g/mol. The van der Waals surface area contributed by atoms with Gasteiger partial charge in [0.2, 0.25) is 15.9 Å². The number of amides is 1. The third-order valence-corrected chi connectivity index (χ3v) is 6.63. The minimum atomic E-state index is -4.03. The Balaban J connectivity index is 2.17. The minimum Gasteiger partial charge on any atom is -0.477 e. The Morgan fingerprint density at radius 3 is 2.71 bits per heavy atom. The molecule has 10 heteroatoms. The highest BCUT2D eigenvalue weighted by Gasteiger charge is 2.31. The second-order valence-corrected chi connectivity index (χ2v) is 9.31. The molecular formula is C14H19ClN2O5S2. The van der Waals surface area contributed by atoms with E-state index in [1.165, 1.54) is 0 Å². The van der Waals surface area contributed by atoms with Crippen LogP contribution in [0.4, 0.5) is 0 Å². The van der Waals surface area contributed by atoms with Crippen molar-refractivity contribution in [3.63, 3.8) is 0 Å². The number of carbonyl (C=O) groups is 2. The van der Waals surface area contributed by atoms with Crippen LogP contribution < -0.4 is 4.72 Å². The molecule has 1 amide bonds. The van der Waals surface area contributed by atoms with Crippen molar-refractivity contribution in [2.75, 3.05) is 13.1 Å². The van der Waals surface area contributed by atoms with Gasteiger partial charge in [0.25, 0.3) is 0 Å². The van der Waals surface area contributed by atoms with Gasteiger partial charge in [-0.3, -0.25) is 4.79 Å². The Morgan fingerprint density at radius 1 is 1.46 bits per heavy atom. The van der Waals surface area contributed by atoms with Crippen LogP contribution in [0.25, 0.3) is 0 Å². The van der Waals surface area contributed by atoms with E-state index in [1.807, 2.05) is 0 Å². The number of piperidine rings is 1. The smallest absolute Gasteiger partial charge is 0.347 e. The van der Waals surface area contributed by atoms with Crippen molar-refractivity contribution in [3.8, 4) is 0 Å². The third-order valence-electron chi connectivity index (χ3n) is 3.70. The number of nitrogens with one attached hydrogen (secondary N) is 1. The van der Waals surface area contributed by atoms with E-state index in [0.29, 0.717) is 30.7 Å². The maximum absolute atomic E-state index is 12.5. The first-order valence-electron chi connectivity index (χ1n) is 7.45. The predicted octanol–water partition coefficient (Wildman–Crippen LogP) is 2.03. The average Bonchev–Trinajstić information content (AvgIpc) is 2.89. The number of sulfonamides is 1. The first kappa shape index (κ1) is 19.2. The summed E-state index contributed by atoms with van der Waals surface area (Å²) in [7, 11) is -4.03. The van der Waals surface area contributed by atoms with E-state index in [4.69, 9.17) is 16.7 Å². The van der Waals surface area contributed by atoms with E-state index in [2.05, 4.69) is 4.72 Å². The number of likely N-dealkylation sites (tertiary alicyclic amines) is 1. The van der Waals surface area contributed by atoms with Crippen LogP contribution in [0.1, 0.15) is 36.4 Å². The summed E-state index contributed by atoms with van der Waals surface area (Å²) < 4.78 is 27.6. The first-order valence-corrected chi connectivity index (χ1v) is 10.1. The van der Waals surface area contributed by atoms with Crippen molar-refractivity contribution in [2.45, 2.75) is 37.6 Å². The molecule has 0 radical (unpaired) electrons. The molecule has 1 aromatic rings. The maximum atomic E-state index is 12.5. The molecule has 7 nitrogen and oxygen atoms in total. The van der Waals surface area contributed by atoms with E-state index in [9.17, 15) is 18.0 Å². The van der Waals surface area contributed by atoms with Crippen LogP contribution >= 0.6 is 22.9 Å². The highest BCUT2D eigenvalue weighted by molar-refractivity contribution is 7.89. The highest BCUT2D eigenvalue weighted by Crippen LogP contribution is 2.30. The van der Waals surface area contributed by atoms with Crippen molar-refractivity contribution in [2.24, 2.45) is 5.92 Å². The molecule has 1 fully saturated rings. The molecule has 1 aliphatic rings. The number of nitrogens with zero attached hydrogens (tertiary/aromatic N) is 1. The van der Waals surface area contributed by atoms with Crippen LogP contribution in [-0.4, -0.2) is 49.4 Å². The lowest BCUT2D eigenvalue weighted by Gasteiger charge is -2.34. The Kier molecular flexibility index (Phi) is 5.90. The minimum absolute atomic E-state index is 0.0244. The Morgan fingerprint density at radius 2 is 2.12 bits per heavy atom. The molecule has 0 spiro atoms. The van der Waals surface area contributed by atoms with E-state index in [0.717, 1.165) is 6.07 Å². The van der Waals surface area contributed by atoms with Gasteiger partial charge in [0.15, 0.2) is 0 Å². The fourth-order valence-corrected chi connectivity index (χ4v) is 5.53. The van der Waals surface area contributed by atoms with E-state index < -0.39 is 22.0 Å². The van der Waals surface area contributed by atoms with Crippen LogP contribution in [0.5, 0.6) is 0 Å². The standard InChI is InChI=1S/C14H19ClN2O5S2/c1-8(2)13(18)17-5-3-4-9(7-17)16-24(21,22)10-6-11(15)23-12(10)14(19)20/h6,8-9,16H,3-5,7H2,1-2H3,(H,19,20)/t9-/m0/s1. The van der Waals surface area contributed by atoms with E-state index in [-0.39, 0.29) is 32.5 Å². The van der Waals surface area contributed by atoms with Crippen molar-refractivity contribution in [1.82, 2.24) is 9.62 Å². The van der Waals surface area contributed by atoms with Gasteiger partial charge >= 0.3 is 5.97 Å². The zero-order valence-electron chi connectivity index (χ0n) is 13.3. The van der Waals surface area contributed by atoms with Gasteiger partial charge in [-0.2, -0.15) is 0 Å². The molecule has 0 unspecified atom stereocenters. The van der Waals surface area contributed by atoms with Crippen LogP contribution in [0.3, 0.4) is 0 Å². The van der Waals surface area contributed by atoms with Gasteiger partial charge in [-0.15, -0.1) is 11.3 Å². The monoisotopic (exact) mass is 394 g/mol. The summed E-state index contributed by atoms with van der Waals surface area (Å²) in [4.78, 5) is 24.3. The quantitative estimate of drug-likeness (QED) is 0.795. The summed E-state index contributed by atoms with van der Waals surface area (Å²) >= 11 is 6.47. The number of hydrogen-bond donors (Lipinski definition) is 2. The van der Waals surface area contributed by atoms with Crippen molar-refractivity contribution in [3.05, 3.63) is 15.3 Å². The predicted molar refractivity (Wildman–Crippen MR) is 91.0 cm³/mol. The van der Waals surface area contributed by atoms with Gasteiger partial charge in [0.1, 0.15) is 9.77 Å². The van der Waals surface area contributed by atoms with Gasteiger partial charge in [-0.05, 0) is 18.9 Å². The molecule has 1 saturated heterocycles. The van der Waals surface area contributed by atoms with Gasteiger partial charge in [-0.1, -0.05) is 25.4 Å². The number of carboxylic acid groups (broad SMARTS) is 1. The molecule has 134 valence electrons. The van der Waals surface area contributed by atoms with Crippen molar-refractivity contribution >= 4 is 44.8 Å². The van der Waals surface area contributed by atoms with Crippen LogP contribution in [0, 0.1) is 5.92 Å². The lowest BCUT2D eigenvalue weighted by molar-refractivity contribution is -0.135. The molecule has 0 aliphatic carbocycles. The largest absolute Gasteiger partial charge is 0.477 e. The van der Waals surface area contributed by atoms with E-state index in [1.54, 1.807) is 18.7 Å². The maximum Gasteiger partial charge on any atom is 0.347 e. The van der Waals surface area contributed by atoms with Crippen LogP contribution in [0.2, 0.25) is 4.34 Å². The molecule has 24 heavy (non-hydrogen) atoms. The fraction of sp³-hybridized carbons (Fsp3) is 0.571. The van der Waals surface area contributed by atoms with Gasteiger partial charge in [0.05, 0.1) is 4.34 Å². The highest BCUT2D eigenvalue weighted by atomic mass is 35.5. The van der Waals surface area contributed by atoms with Gasteiger partial charge in [-0.25, -0.2) is 17.9 Å². The number of carbonyl (C=O) groups excluding carboxylic acids is 1. The first-order chi connectivity index (χ1) is 11.1. The lowest BCUT2D eigenvalue weighted by Crippen LogP contribution is -2.50. The fourth-order valence-electron chi connectivity index (χ4n) is 2.62. The van der Waals surface area contributed by atoms with Crippen LogP contribution in [-0.2, 0) is 14.8 Å². The van der Waals surface area contributed by atoms with E-state index >= 15 is 0 Å². The summed E-state index contributed by atoms with van der Waals surface area (Å²) in [6.07, 6.45) is 1.27. The zero-order valence-corrected chi connectivity index (χ0v) is 15.7. The molecular weight excluding hydrogens is 376 g/mol. The SMILES string of the molecule is CC(C)C(=O)N1CCC[C@H](NS(=O)(=O)c2cc(Cl)sc2C(=O)O)C1. The van der Waals surface area contributed by atoms with Gasteiger partial charge in [0, 0.05) is 25.0 Å². The second-order valence-electron chi connectivity index (χ2n) is 5.95. The van der Waals surface area contributed by atoms with Crippen LogP contribution in [0.15, 0.2) is 11.0 Å². The van der Waals surface area contributed by atoms with Crippen molar-refractivity contribution < 1.29 is 23.1 Å². The number of carboxylic acids is 1. The van der Waals surface area contributed by atoms with Crippen molar-refractivity contribution in [1.29, 1.82) is 0 Å². The number of aromatic carboxylic acids is 1. The number of rotatable bonds is 5. The molecule has 1 atom stereocenters. The topological polar surface area (TPSA) is 104 Å². The Bertz CT molecular complexity index is 744. The Hall–Kier alpha value is -1.16. The molecule has 0 aromatic carbocycles. The molecule has 1 aromatic heterocycles. The molecule has 0 bridgehead atoms. The molecule has 2 heterocycles. The second kappa shape index (κ2) is 7.38. The number of hydrogen-bond acceptors (Lipinski definition) is 5. The summed E-state index contributed by atoms with van der Waals surface area (Å²) in [6.45, 7) is 4.46. The summed E-state index contributed by atoms with van der Waals surface area (Å²) in [5.74, 6) is -1.52. The molecule has 1 aliphatic heterocycles. The molecule has 2 N–H and O–H groups in total. The molecule has 2 rings (SSSR count). The zero-order chi connectivity index (χ0) is 18.1. The number of halogens is 1. The summed E-state index contributed by atoms with van der Waals surface area (Å²) in [6, 6.07) is 0.685. The molecule has 0 saturated carbocycles. The summed E-state index contributed by atoms with van der Waals surface area (Å²) in [5, 5.41) is 9.13. The summed E-state index contributed by atoms with van der Waals surface area (Å²) in [5.41, 5.74) is 0. The van der Waals surface area contributed by atoms with Gasteiger partial charge < -0.3 is 10.0 Å². The lowest BCUT2D eigenvalue weighted by atomic mass is 10.0. The normalized spacial score (nSPS) is 18.8. The Labute approximate surface area is 149 Å². The number of thiophene rings is 1.